The summed E-state index contributed by atoms with van der Waals surface area (Å²) in [5, 5.41) is 15.1. The molecule has 206 valence electrons. The first kappa shape index (κ1) is 30.4. The van der Waals surface area contributed by atoms with Gasteiger partial charge in [0.2, 0.25) is 15.9 Å². The SMILES string of the molecule is COC(O)CNC(=O)C1(S(=O)(=O)N2CCC(Oc3ccc(OC(F)(F)F)cc3)CC2)CCNCC1.Cl. The Morgan fingerprint density at radius 3 is 2.28 bits per heavy atom. The fraction of sp³-hybridized carbons (Fsp3) is 0.667. The molecule has 10 nitrogen and oxygen atoms in total. The van der Waals surface area contributed by atoms with Gasteiger partial charge in [-0.1, -0.05) is 0 Å². The molecule has 0 spiro atoms. The van der Waals surface area contributed by atoms with Gasteiger partial charge in [-0.05, 0) is 63.0 Å². The van der Waals surface area contributed by atoms with E-state index in [0.29, 0.717) is 31.7 Å². The lowest BCUT2D eigenvalue weighted by Crippen LogP contribution is -2.62. The summed E-state index contributed by atoms with van der Waals surface area (Å²) < 4.78 is 78.2. The van der Waals surface area contributed by atoms with E-state index in [1.807, 2.05) is 0 Å². The average molecular weight is 562 g/mol. The molecule has 1 unspecified atom stereocenters. The molecule has 0 bridgehead atoms. The van der Waals surface area contributed by atoms with E-state index in [-0.39, 0.29) is 56.7 Å². The molecule has 2 aliphatic heterocycles. The average Bonchev–Trinajstić information content (AvgIpc) is 2.83. The molecule has 2 heterocycles. The minimum Gasteiger partial charge on any atom is -0.490 e. The first-order chi connectivity index (χ1) is 16.5. The van der Waals surface area contributed by atoms with Crippen molar-refractivity contribution in [1.82, 2.24) is 14.9 Å². The molecular weight excluding hydrogens is 531 g/mol. The summed E-state index contributed by atoms with van der Waals surface area (Å²) in [5.74, 6) is -0.698. The Morgan fingerprint density at radius 2 is 1.75 bits per heavy atom. The number of methoxy groups -OCH3 is 1. The highest BCUT2D eigenvalue weighted by molar-refractivity contribution is 7.91. The number of hydrogen-bond acceptors (Lipinski definition) is 8. The number of nitrogens with zero attached hydrogens (tertiary/aromatic N) is 1. The summed E-state index contributed by atoms with van der Waals surface area (Å²) in [6.07, 6.45) is -5.50. The highest BCUT2D eigenvalue weighted by Gasteiger charge is 2.54. The molecule has 0 aliphatic carbocycles. The van der Waals surface area contributed by atoms with Gasteiger partial charge in [-0.25, -0.2) is 12.7 Å². The number of benzene rings is 1. The molecule has 2 aliphatic rings. The number of rotatable bonds is 9. The van der Waals surface area contributed by atoms with Crippen molar-refractivity contribution >= 4 is 28.3 Å². The number of hydrogen-bond donors (Lipinski definition) is 3. The fourth-order valence-electron chi connectivity index (χ4n) is 4.21. The summed E-state index contributed by atoms with van der Waals surface area (Å²) in [7, 11) is -2.77. The van der Waals surface area contributed by atoms with E-state index in [1.165, 1.54) is 23.5 Å². The maximum absolute atomic E-state index is 13.6. The van der Waals surface area contributed by atoms with Crippen LogP contribution in [0.4, 0.5) is 13.2 Å². The zero-order valence-electron chi connectivity index (χ0n) is 19.6. The van der Waals surface area contributed by atoms with Crippen LogP contribution < -0.4 is 20.1 Å². The van der Waals surface area contributed by atoms with Crippen molar-refractivity contribution in [1.29, 1.82) is 0 Å². The third-order valence-electron chi connectivity index (χ3n) is 6.13. The third-order valence-corrected chi connectivity index (χ3v) is 8.76. The van der Waals surface area contributed by atoms with E-state index in [0.717, 1.165) is 12.1 Å². The van der Waals surface area contributed by atoms with Crippen LogP contribution in [0.1, 0.15) is 25.7 Å². The van der Waals surface area contributed by atoms with E-state index in [4.69, 9.17) is 9.47 Å². The number of carbonyl (C=O) groups excluding carboxylic acids is 1. The Morgan fingerprint density at radius 1 is 1.19 bits per heavy atom. The zero-order valence-corrected chi connectivity index (χ0v) is 21.3. The first-order valence-electron chi connectivity index (χ1n) is 11.2. The van der Waals surface area contributed by atoms with Gasteiger partial charge in [0.15, 0.2) is 11.0 Å². The second-order valence-electron chi connectivity index (χ2n) is 8.39. The number of piperidine rings is 2. The van der Waals surface area contributed by atoms with Crippen molar-refractivity contribution in [2.75, 3.05) is 39.8 Å². The smallest absolute Gasteiger partial charge is 0.490 e. The molecule has 1 aromatic rings. The largest absolute Gasteiger partial charge is 0.573 e. The molecule has 0 radical (unpaired) electrons. The third kappa shape index (κ3) is 7.35. The van der Waals surface area contributed by atoms with Crippen LogP contribution in [0, 0.1) is 0 Å². The second kappa shape index (κ2) is 12.6. The van der Waals surface area contributed by atoms with Crippen LogP contribution in [0.15, 0.2) is 24.3 Å². The number of sulfonamides is 1. The summed E-state index contributed by atoms with van der Waals surface area (Å²) >= 11 is 0. The Hall–Kier alpha value is -1.84. The van der Waals surface area contributed by atoms with E-state index in [9.17, 15) is 31.5 Å². The van der Waals surface area contributed by atoms with Gasteiger partial charge in [0, 0.05) is 20.2 Å². The number of aliphatic hydroxyl groups is 1. The molecule has 36 heavy (non-hydrogen) atoms. The van der Waals surface area contributed by atoms with E-state index < -0.39 is 33.3 Å². The lowest BCUT2D eigenvalue weighted by molar-refractivity contribution is -0.274. The van der Waals surface area contributed by atoms with Crippen LogP contribution >= 0.6 is 12.4 Å². The van der Waals surface area contributed by atoms with Gasteiger partial charge in [0.05, 0.1) is 6.54 Å². The molecule has 3 N–H and O–H groups in total. The van der Waals surface area contributed by atoms with E-state index in [2.05, 4.69) is 15.4 Å². The molecule has 1 aromatic carbocycles. The lowest BCUT2D eigenvalue weighted by Gasteiger charge is -2.41. The van der Waals surface area contributed by atoms with Crippen LogP contribution in [-0.4, -0.2) is 87.1 Å². The topological polar surface area (TPSA) is 126 Å². The Bertz CT molecular complexity index is 952. The molecule has 0 saturated carbocycles. The molecule has 1 amide bonds. The molecule has 0 aromatic heterocycles. The van der Waals surface area contributed by atoms with E-state index >= 15 is 0 Å². The van der Waals surface area contributed by atoms with Crippen molar-refractivity contribution in [3.8, 4) is 11.5 Å². The van der Waals surface area contributed by atoms with Gasteiger partial charge in [-0.3, -0.25) is 4.79 Å². The molecule has 2 fully saturated rings. The minimum atomic E-state index is -4.78. The van der Waals surface area contributed by atoms with Crippen molar-refractivity contribution in [3.05, 3.63) is 24.3 Å². The highest BCUT2D eigenvalue weighted by Crippen LogP contribution is 2.34. The Balaban J connectivity index is 0.00000456. The zero-order chi connectivity index (χ0) is 25.7. The number of aliphatic hydroxyl groups excluding tert-OH is 1. The highest BCUT2D eigenvalue weighted by atomic mass is 35.5. The molecule has 1 atom stereocenters. The van der Waals surface area contributed by atoms with Gasteiger partial charge < -0.3 is 30.0 Å². The van der Waals surface area contributed by atoms with Crippen molar-refractivity contribution in [2.45, 2.75) is 49.2 Å². The fourth-order valence-corrected chi connectivity index (χ4v) is 6.42. The van der Waals surface area contributed by atoms with Crippen LogP contribution in [0.3, 0.4) is 0 Å². The van der Waals surface area contributed by atoms with Gasteiger partial charge >= 0.3 is 6.36 Å². The Labute approximate surface area is 213 Å². The standard InChI is InChI=1S/C21H30F3N3O7S.ClH/c1-32-18(28)14-26-19(29)20(8-10-25-11-9-20)35(30,31)27-12-6-16(7-13-27)33-15-2-4-17(5-3-15)34-21(22,23)24;/h2-5,16,18,25,28H,6-14H2,1H3,(H,26,29);1H. The number of alkyl halides is 3. The van der Waals surface area contributed by atoms with Crippen molar-refractivity contribution in [3.63, 3.8) is 0 Å². The van der Waals surface area contributed by atoms with Gasteiger partial charge in [-0.15, -0.1) is 25.6 Å². The number of halogens is 4. The van der Waals surface area contributed by atoms with Gasteiger partial charge in [-0.2, -0.15) is 0 Å². The number of carbonyl (C=O) groups is 1. The maximum Gasteiger partial charge on any atom is 0.573 e. The van der Waals surface area contributed by atoms with Crippen LogP contribution in [0.5, 0.6) is 11.5 Å². The number of ether oxygens (including phenoxy) is 3. The lowest BCUT2D eigenvalue weighted by atomic mass is 9.96. The maximum atomic E-state index is 13.6. The molecule has 2 saturated heterocycles. The number of nitrogens with one attached hydrogen (secondary N) is 2. The first-order valence-corrected chi connectivity index (χ1v) is 12.6. The molecular formula is C21H31ClF3N3O7S. The predicted molar refractivity (Wildman–Crippen MR) is 125 cm³/mol. The summed E-state index contributed by atoms with van der Waals surface area (Å²) in [6, 6.07) is 4.99. The van der Waals surface area contributed by atoms with E-state index in [1.54, 1.807) is 0 Å². The Kier molecular flexibility index (Phi) is 10.6. The van der Waals surface area contributed by atoms with Crippen LogP contribution in [-0.2, 0) is 19.6 Å². The second-order valence-corrected chi connectivity index (χ2v) is 10.6. The monoisotopic (exact) mass is 561 g/mol. The molecule has 15 heteroatoms. The summed E-state index contributed by atoms with van der Waals surface area (Å²) in [6.45, 7) is 0.736. The normalized spacial score (nSPS) is 20.1. The van der Waals surface area contributed by atoms with Crippen LogP contribution in [0.2, 0.25) is 0 Å². The number of amides is 1. The van der Waals surface area contributed by atoms with Crippen LogP contribution in [0.25, 0.3) is 0 Å². The van der Waals surface area contributed by atoms with Crippen molar-refractivity contribution in [2.24, 2.45) is 0 Å². The summed E-state index contributed by atoms with van der Waals surface area (Å²) in [4.78, 5) is 13.0. The quantitative estimate of drug-likeness (QED) is 0.386. The predicted octanol–water partition coefficient (Wildman–Crippen LogP) is 1.38. The minimum absolute atomic E-state index is 0. The molecule has 3 rings (SSSR count). The van der Waals surface area contributed by atoms with Gasteiger partial charge in [0.1, 0.15) is 17.6 Å². The van der Waals surface area contributed by atoms with Gasteiger partial charge in [0.25, 0.3) is 0 Å². The summed E-state index contributed by atoms with van der Waals surface area (Å²) in [5.41, 5.74) is 0. The van der Waals surface area contributed by atoms with Crippen molar-refractivity contribution < 1.29 is 45.7 Å².